The second-order valence-corrected chi connectivity index (χ2v) is 3.44. The summed E-state index contributed by atoms with van der Waals surface area (Å²) in [5, 5.41) is 18.0. The highest BCUT2D eigenvalue weighted by Crippen LogP contribution is 2.26. The summed E-state index contributed by atoms with van der Waals surface area (Å²) in [6.07, 6.45) is 0.543. The zero-order chi connectivity index (χ0) is 11.4. The molecule has 0 aliphatic carbocycles. The summed E-state index contributed by atoms with van der Waals surface area (Å²) >= 11 is 0. The fourth-order valence-electron chi connectivity index (χ4n) is 1.38. The number of hydrogen-bond donors (Lipinski definition) is 2. The molecule has 4 heteroatoms. The largest absolute Gasteiger partial charge is 0.507 e. The number of aromatic hydroxyl groups is 1. The van der Waals surface area contributed by atoms with Crippen molar-refractivity contribution in [3.8, 4) is 5.75 Å². The van der Waals surface area contributed by atoms with Crippen LogP contribution in [-0.2, 0) is 11.2 Å². The van der Waals surface area contributed by atoms with Crippen LogP contribution in [0, 0.1) is 12.7 Å². The van der Waals surface area contributed by atoms with Crippen molar-refractivity contribution in [3.05, 3.63) is 29.1 Å². The molecule has 15 heavy (non-hydrogen) atoms. The molecule has 2 N–H and O–H groups in total. The van der Waals surface area contributed by atoms with Gasteiger partial charge >= 0.3 is 5.97 Å². The van der Waals surface area contributed by atoms with Crippen LogP contribution in [0.1, 0.15) is 24.0 Å². The van der Waals surface area contributed by atoms with Crippen molar-refractivity contribution < 1.29 is 19.4 Å². The Labute approximate surface area is 87.2 Å². The Hall–Kier alpha value is -1.58. The van der Waals surface area contributed by atoms with Gasteiger partial charge in [-0.15, -0.1) is 0 Å². The van der Waals surface area contributed by atoms with Gasteiger partial charge in [-0.25, -0.2) is 4.39 Å². The minimum Gasteiger partial charge on any atom is -0.507 e. The maximum absolute atomic E-state index is 13.2. The van der Waals surface area contributed by atoms with Gasteiger partial charge < -0.3 is 10.2 Å². The molecule has 1 aromatic rings. The maximum atomic E-state index is 13.2. The van der Waals surface area contributed by atoms with Crippen LogP contribution < -0.4 is 0 Å². The third kappa shape index (κ3) is 2.94. The number of benzene rings is 1. The van der Waals surface area contributed by atoms with E-state index in [0.29, 0.717) is 12.0 Å². The zero-order valence-corrected chi connectivity index (χ0v) is 8.46. The van der Waals surface area contributed by atoms with Crippen molar-refractivity contribution >= 4 is 5.97 Å². The van der Waals surface area contributed by atoms with Gasteiger partial charge in [0.25, 0.3) is 0 Å². The SMILES string of the molecule is Cc1ccc(F)c(CCCC(=O)O)c1O. The number of carboxylic acids is 1. The quantitative estimate of drug-likeness (QED) is 0.804. The fourth-order valence-corrected chi connectivity index (χ4v) is 1.38. The van der Waals surface area contributed by atoms with Gasteiger partial charge in [-0.3, -0.25) is 4.79 Å². The molecule has 0 aromatic heterocycles. The molecule has 0 heterocycles. The van der Waals surface area contributed by atoms with Crippen molar-refractivity contribution in [1.29, 1.82) is 0 Å². The van der Waals surface area contributed by atoms with E-state index in [1.165, 1.54) is 12.1 Å². The smallest absolute Gasteiger partial charge is 0.303 e. The highest BCUT2D eigenvalue weighted by Gasteiger charge is 2.10. The van der Waals surface area contributed by atoms with Gasteiger partial charge in [0.2, 0.25) is 0 Å². The van der Waals surface area contributed by atoms with Crippen LogP contribution in [0.15, 0.2) is 12.1 Å². The molecule has 0 bridgehead atoms. The molecule has 0 saturated carbocycles. The van der Waals surface area contributed by atoms with E-state index in [1.54, 1.807) is 6.92 Å². The summed E-state index contributed by atoms with van der Waals surface area (Å²) in [6, 6.07) is 2.77. The van der Waals surface area contributed by atoms with E-state index < -0.39 is 11.8 Å². The van der Waals surface area contributed by atoms with Gasteiger partial charge in [-0.1, -0.05) is 6.07 Å². The van der Waals surface area contributed by atoms with Gasteiger partial charge in [0, 0.05) is 12.0 Å². The van der Waals surface area contributed by atoms with E-state index in [4.69, 9.17) is 5.11 Å². The van der Waals surface area contributed by atoms with E-state index in [0.717, 1.165) is 0 Å². The molecule has 82 valence electrons. The Balaban J connectivity index is 2.75. The monoisotopic (exact) mass is 212 g/mol. The minimum absolute atomic E-state index is 0.0210. The van der Waals surface area contributed by atoms with E-state index >= 15 is 0 Å². The topological polar surface area (TPSA) is 57.5 Å². The first-order valence-electron chi connectivity index (χ1n) is 4.71. The minimum atomic E-state index is -0.914. The summed E-state index contributed by atoms with van der Waals surface area (Å²) in [5.74, 6) is -1.47. The van der Waals surface area contributed by atoms with Gasteiger partial charge in [-0.2, -0.15) is 0 Å². The Morgan fingerprint density at radius 3 is 2.73 bits per heavy atom. The molecule has 0 spiro atoms. The van der Waals surface area contributed by atoms with Crippen LogP contribution in [0.25, 0.3) is 0 Å². The van der Waals surface area contributed by atoms with Crippen LogP contribution in [0.3, 0.4) is 0 Å². The molecule has 0 aliphatic rings. The van der Waals surface area contributed by atoms with Crippen molar-refractivity contribution in [3.63, 3.8) is 0 Å². The van der Waals surface area contributed by atoms with Gasteiger partial charge in [0.1, 0.15) is 11.6 Å². The lowest BCUT2D eigenvalue weighted by atomic mass is 10.0. The van der Waals surface area contributed by atoms with Crippen LogP contribution in [-0.4, -0.2) is 16.2 Å². The Morgan fingerprint density at radius 1 is 1.47 bits per heavy atom. The first-order chi connectivity index (χ1) is 7.02. The van der Waals surface area contributed by atoms with Gasteiger partial charge in [-0.05, 0) is 31.4 Å². The predicted molar refractivity (Wildman–Crippen MR) is 53.4 cm³/mol. The van der Waals surface area contributed by atoms with Gasteiger partial charge in [0.05, 0.1) is 0 Å². The lowest BCUT2D eigenvalue weighted by Gasteiger charge is -2.07. The molecule has 0 atom stereocenters. The standard InChI is InChI=1S/C11H13FO3/c1-7-5-6-9(12)8(11(7)15)3-2-4-10(13)14/h5-6,15H,2-4H2,1H3,(H,13,14). The summed E-state index contributed by atoms with van der Waals surface area (Å²) in [4.78, 5) is 10.3. The summed E-state index contributed by atoms with van der Waals surface area (Å²) in [5.41, 5.74) is 0.804. The maximum Gasteiger partial charge on any atom is 0.303 e. The molecule has 1 aromatic carbocycles. The number of halogens is 1. The van der Waals surface area contributed by atoms with Crippen LogP contribution in [0.2, 0.25) is 0 Å². The second-order valence-electron chi connectivity index (χ2n) is 3.44. The van der Waals surface area contributed by atoms with Crippen LogP contribution >= 0.6 is 0 Å². The van der Waals surface area contributed by atoms with Crippen molar-refractivity contribution in [2.24, 2.45) is 0 Å². The summed E-state index contributed by atoms with van der Waals surface area (Å²) in [6.45, 7) is 1.68. The summed E-state index contributed by atoms with van der Waals surface area (Å²) in [7, 11) is 0. The van der Waals surface area contributed by atoms with Crippen LogP contribution in [0.5, 0.6) is 5.75 Å². The molecule has 0 saturated heterocycles. The number of carbonyl (C=O) groups is 1. The highest BCUT2D eigenvalue weighted by molar-refractivity contribution is 5.66. The lowest BCUT2D eigenvalue weighted by molar-refractivity contribution is -0.137. The number of carboxylic acid groups (broad SMARTS) is 1. The first kappa shape index (κ1) is 11.5. The van der Waals surface area contributed by atoms with E-state index in [9.17, 15) is 14.3 Å². The molecular weight excluding hydrogens is 199 g/mol. The molecule has 0 amide bonds. The fraction of sp³-hybridized carbons (Fsp3) is 0.364. The molecule has 0 fully saturated rings. The predicted octanol–water partition coefficient (Wildman–Crippen LogP) is 2.25. The van der Waals surface area contributed by atoms with Gasteiger partial charge in [0.15, 0.2) is 0 Å². The number of aryl methyl sites for hydroxylation is 1. The lowest BCUT2D eigenvalue weighted by Crippen LogP contribution is -1.98. The molecule has 1 rings (SSSR count). The third-order valence-electron chi connectivity index (χ3n) is 2.24. The number of aliphatic carboxylic acids is 1. The van der Waals surface area contributed by atoms with Crippen LogP contribution in [0.4, 0.5) is 4.39 Å². The Morgan fingerprint density at radius 2 is 2.13 bits per heavy atom. The average Bonchev–Trinajstić information content (AvgIpc) is 2.17. The Kier molecular flexibility index (Phi) is 3.66. The number of phenols is 1. The molecule has 0 radical (unpaired) electrons. The van der Waals surface area contributed by atoms with Crippen molar-refractivity contribution in [1.82, 2.24) is 0 Å². The van der Waals surface area contributed by atoms with Crippen molar-refractivity contribution in [2.75, 3.05) is 0 Å². The normalized spacial score (nSPS) is 10.3. The Bertz CT molecular complexity index is 374. The second kappa shape index (κ2) is 4.77. The molecule has 0 aliphatic heterocycles. The van der Waals surface area contributed by atoms with E-state index in [1.807, 2.05) is 0 Å². The number of rotatable bonds is 4. The number of hydrogen-bond acceptors (Lipinski definition) is 2. The third-order valence-corrected chi connectivity index (χ3v) is 2.24. The molecule has 0 unspecified atom stereocenters. The van der Waals surface area contributed by atoms with E-state index in [2.05, 4.69) is 0 Å². The van der Waals surface area contributed by atoms with E-state index in [-0.39, 0.29) is 24.2 Å². The highest BCUT2D eigenvalue weighted by atomic mass is 19.1. The average molecular weight is 212 g/mol. The zero-order valence-electron chi connectivity index (χ0n) is 8.46. The van der Waals surface area contributed by atoms with Crippen molar-refractivity contribution in [2.45, 2.75) is 26.2 Å². The summed E-state index contributed by atoms with van der Waals surface area (Å²) < 4.78 is 13.2. The first-order valence-corrected chi connectivity index (χ1v) is 4.71. The molecule has 3 nitrogen and oxygen atoms in total. The number of phenolic OH excluding ortho intramolecular Hbond substituents is 1. The molecular formula is C11H13FO3.